The number of rotatable bonds is 0. The van der Waals surface area contributed by atoms with Crippen molar-refractivity contribution in [2.24, 2.45) is 0 Å². The summed E-state index contributed by atoms with van der Waals surface area (Å²) < 4.78 is 0. The maximum atomic E-state index is 2.99. The van der Waals surface area contributed by atoms with Crippen LogP contribution in [0.2, 0.25) is 0 Å². The van der Waals surface area contributed by atoms with Crippen LogP contribution in [0, 0.1) is 19.6 Å². The van der Waals surface area contributed by atoms with Gasteiger partial charge in [-0.05, 0) is 0 Å². The second-order valence-corrected chi connectivity index (χ2v) is 2.01. The van der Waals surface area contributed by atoms with Gasteiger partial charge < -0.3 is 7.43 Å². The molecule has 0 fully saturated rings. The Morgan fingerprint density at radius 1 is 0.846 bits per heavy atom. The molecule has 0 atom stereocenters. The Labute approximate surface area is 107 Å². The van der Waals surface area contributed by atoms with Crippen LogP contribution in [0.25, 0.3) is 0 Å². The van der Waals surface area contributed by atoms with Crippen molar-refractivity contribution in [2.45, 2.75) is 12.8 Å². The van der Waals surface area contributed by atoms with Crippen molar-refractivity contribution in [2.75, 3.05) is 0 Å². The Kier molecular flexibility index (Phi) is 21.2. The Morgan fingerprint density at radius 2 is 1.23 bits per heavy atom. The summed E-state index contributed by atoms with van der Waals surface area (Å²) in [5, 5.41) is 0. The SMILES string of the molecule is Cl.[C-]1=CC=CC1.[C-]1=CC=CC1.[CH3-].[Zr+3]. The van der Waals surface area contributed by atoms with E-state index in [9.17, 15) is 0 Å². The van der Waals surface area contributed by atoms with E-state index in [0.717, 1.165) is 12.8 Å². The van der Waals surface area contributed by atoms with Gasteiger partial charge in [-0.25, -0.2) is 24.3 Å². The molecule has 0 aromatic rings. The van der Waals surface area contributed by atoms with Crippen LogP contribution >= 0.6 is 12.4 Å². The molecule has 2 rings (SSSR count). The third kappa shape index (κ3) is 12.1. The van der Waals surface area contributed by atoms with Crippen molar-refractivity contribution in [3.05, 3.63) is 56.0 Å². The molecule has 2 aliphatic carbocycles. The van der Waals surface area contributed by atoms with E-state index >= 15 is 0 Å². The van der Waals surface area contributed by atoms with Crippen molar-refractivity contribution < 1.29 is 26.2 Å². The van der Waals surface area contributed by atoms with Crippen molar-refractivity contribution in [1.29, 1.82) is 0 Å². The van der Waals surface area contributed by atoms with Gasteiger partial charge in [0.1, 0.15) is 0 Å². The third-order valence-corrected chi connectivity index (χ3v) is 1.17. The van der Waals surface area contributed by atoms with Crippen LogP contribution in [-0.2, 0) is 26.2 Å². The summed E-state index contributed by atoms with van der Waals surface area (Å²) in [6.07, 6.45) is 20.0. The molecule has 0 aromatic heterocycles. The average molecular weight is 273 g/mol. The molecular weight excluding hydrogens is 259 g/mol. The van der Waals surface area contributed by atoms with Crippen molar-refractivity contribution in [3.63, 3.8) is 0 Å². The molecule has 0 spiro atoms. The Bertz CT molecular complexity index is 148. The third-order valence-electron chi connectivity index (χ3n) is 1.17. The molecule has 0 amide bonds. The van der Waals surface area contributed by atoms with E-state index in [-0.39, 0.29) is 46.0 Å². The second kappa shape index (κ2) is 14.6. The molecule has 0 saturated heterocycles. The van der Waals surface area contributed by atoms with E-state index < -0.39 is 0 Å². The summed E-state index contributed by atoms with van der Waals surface area (Å²) in [4.78, 5) is 0. The van der Waals surface area contributed by atoms with Crippen molar-refractivity contribution >= 4 is 12.4 Å². The normalized spacial score (nSPS) is 13.5. The largest absolute Gasteiger partial charge is 3.00 e. The van der Waals surface area contributed by atoms with Gasteiger partial charge in [0.15, 0.2) is 0 Å². The maximum absolute atomic E-state index is 2.99. The predicted molar refractivity (Wildman–Crippen MR) is 56.8 cm³/mol. The maximum Gasteiger partial charge on any atom is 3.00 e. The van der Waals surface area contributed by atoms with Crippen molar-refractivity contribution in [3.8, 4) is 0 Å². The van der Waals surface area contributed by atoms with Gasteiger partial charge in [-0.1, -0.05) is 0 Å². The fraction of sp³-hybridized carbons (Fsp3) is 0.182. The molecule has 69 valence electrons. The molecule has 0 N–H and O–H groups in total. The second-order valence-electron chi connectivity index (χ2n) is 2.01. The predicted octanol–water partition coefficient (Wildman–Crippen LogP) is 3.48. The molecule has 2 aliphatic rings. The first-order valence-corrected chi connectivity index (χ1v) is 3.43. The van der Waals surface area contributed by atoms with E-state index in [1.165, 1.54) is 0 Å². The van der Waals surface area contributed by atoms with E-state index in [1.54, 1.807) is 0 Å². The van der Waals surface area contributed by atoms with Crippen LogP contribution in [0.15, 0.2) is 36.5 Å². The standard InChI is InChI=1S/2C5H5.CH3.ClH.Zr/c2*1-2-4-5-3-1;;;/h2*1-3H,4H2;1H3;1H;/q3*-1;;+3. The smallest absolute Gasteiger partial charge is 0.358 e. The first-order chi connectivity index (χ1) is 5.00. The zero-order valence-electron chi connectivity index (χ0n) is 7.79. The molecule has 0 nitrogen and oxygen atoms in total. The molecule has 0 aliphatic heterocycles. The van der Waals surface area contributed by atoms with Crippen molar-refractivity contribution in [1.82, 2.24) is 0 Å². The summed E-state index contributed by atoms with van der Waals surface area (Å²) in [6, 6.07) is 0. The fourth-order valence-corrected chi connectivity index (χ4v) is 0.680. The zero-order valence-corrected chi connectivity index (χ0v) is 11.1. The van der Waals surface area contributed by atoms with Gasteiger partial charge in [0, 0.05) is 0 Å². The van der Waals surface area contributed by atoms with Gasteiger partial charge in [0.25, 0.3) is 0 Å². The number of halogens is 1. The van der Waals surface area contributed by atoms with Gasteiger partial charge in [-0.2, -0.15) is 12.2 Å². The van der Waals surface area contributed by atoms with Gasteiger partial charge in [-0.15, -0.1) is 25.2 Å². The van der Waals surface area contributed by atoms with E-state index in [0.29, 0.717) is 0 Å². The van der Waals surface area contributed by atoms with Crippen LogP contribution in [0.5, 0.6) is 0 Å². The number of hydrogen-bond acceptors (Lipinski definition) is 0. The van der Waals surface area contributed by atoms with Gasteiger partial charge in [0.05, 0.1) is 0 Å². The Morgan fingerprint density at radius 3 is 1.31 bits per heavy atom. The summed E-state index contributed by atoms with van der Waals surface area (Å²) in [5.41, 5.74) is 0. The number of allylic oxidation sites excluding steroid dienone is 8. The topological polar surface area (TPSA) is 0 Å². The molecule has 0 heterocycles. The van der Waals surface area contributed by atoms with Crippen LogP contribution in [-0.4, -0.2) is 0 Å². The zero-order chi connectivity index (χ0) is 7.07. The van der Waals surface area contributed by atoms with Crippen LogP contribution < -0.4 is 0 Å². The molecule has 1 radical (unpaired) electrons. The molecule has 2 heteroatoms. The minimum atomic E-state index is 0. The summed E-state index contributed by atoms with van der Waals surface area (Å²) >= 11 is 0. The van der Waals surface area contributed by atoms with Crippen LogP contribution in [0.4, 0.5) is 0 Å². The molecule has 0 aromatic carbocycles. The summed E-state index contributed by atoms with van der Waals surface area (Å²) in [7, 11) is 0. The minimum Gasteiger partial charge on any atom is -0.358 e. The quantitative estimate of drug-likeness (QED) is 0.593. The first kappa shape index (κ1) is 18.8. The van der Waals surface area contributed by atoms with E-state index in [4.69, 9.17) is 0 Å². The van der Waals surface area contributed by atoms with E-state index in [1.807, 2.05) is 24.3 Å². The minimum absolute atomic E-state index is 0. The first-order valence-electron chi connectivity index (χ1n) is 3.43. The van der Waals surface area contributed by atoms with Crippen LogP contribution in [0.1, 0.15) is 12.8 Å². The van der Waals surface area contributed by atoms with Crippen LogP contribution in [0.3, 0.4) is 0 Å². The molecule has 0 bridgehead atoms. The average Bonchev–Trinajstić information content (AvgIpc) is 2.67. The Balaban J connectivity index is -0.000000125. The summed E-state index contributed by atoms with van der Waals surface area (Å²) in [5.74, 6) is 0. The van der Waals surface area contributed by atoms with Gasteiger partial charge in [-0.3, -0.25) is 12.2 Å². The molecule has 0 unspecified atom stereocenters. The van der Waals surface area contributed by atoms with Gasteiger partial charge in [0.2, 0.25) is 0 Å². The Hall–Kier alpha value is 0.133. The fourth-order valence-electron chi connectivity index (χ4n) is 0.680. The number of hydrogen-bond donors (Lipinski definition) is 0. The molecule has 0 saturated carbocycles. The monoisotopic (exact) mass is 271 g/mol. The molecule has 13 heavy (non-hydrogen) atoms. The summed E-state index contributed by atoms with van der Waals surface area (Å²) in [6.45, 7) is 0. The molecular formula is C11H14ClZr. The van der Waals surface area contributed by atoms with E-state index in [2.05, 4.69) is 24.3 Å². The van der Waals surface area contributed by atoms with Gasteiger partial charge >= 0.3 is 26.2 Å².